The Balaban J connectivity index is 0.00000218. The third-order valence-electron chi connectivity index (χ3n) is 7.24. The lowest BCUT2D eigenvalue weighted by atomic mass is 9.76. The van der Waals surface area contributed by atoms with E-state index in [4.69, 9.17) is 0 Å². The van der Waals surface area contributed by atoms with Gasteiger partial charge in [0.25, 0.3) is 0 Å². The normalized spacial score (nSPS) is 21.2. The number of benzene rings is 1. The van der Waals surface area contributed by atoms with Crippen molar-refractivity contribution < 1.29 is 4.79 Å². The topological polar surface area (TPSA) is 63.1 Å². The monoisotopic (exact) mass is 429 g/mol. The van der Waals surface area contributed by atoms with Gasteiger partial charge in [-0.2, -0.15) is 0 Å². The summed E-state index contributed by atoms with van der Waals surface area (Å²) in [6, 6.07) is 8.62. The molecule has 0 spiro atoms. The maximum absolute atomic E-state index is 13.7. The van der Waals surface area contributed by atoms with E-state index in [1.165, 1.54) is 11.1 Å². The Bertz CT molecular complexity index is 897. The molecule has 1 saturated heterocycles. The van der Waals surface area contributed by atoms with Crippen molar-refractivity contribution in [1.82, 2.24) is 25.0 Å². The quantitative estimate of drug-likeness (QED) is 0.812. The predicted octanol–water partition coefficient (Wildman–Crippen LogP) is 3.33. The van der Waals surface area contributed by atoms with Gasteiger partial charge in [0.05, 0.1) is 12.0 Å². The number of hydrogen-bond acceptors (Lipinski definition) is 4. The number of nitrogens with zero attached hydrogens (tertiary/aromatic N) is 4. The SMILES string of the molecule is Cc1cccc(C2(C(=O)N3CCC(c4nnc5n4CCNC5)CC3)CCCC2)c1.Cl. The maximum Gasteiger partial charge on any atom is 0.233 e. The summed E-state index contributed by atoms with van der Waals surface area (Å²) >= 11 is 0. The molecule has 7 heteroatoms. The second kappa shape index (κ2) is 8.67. The molecule has 1 saturated carbocycles. The van der Waals surface area contributed by atoms with Crippen molar-refractivity contribution in [3.05, 3.63) is 47.0 Å². The Morgan fingerprint density at radius 2 is 1.90 bits per heavy atom. The van der Waals surface area contributed by atoms with Crippen molar-refractivity contribution in [2.75, 3.05) is 19.6 Å². The highest BCUT2D eigenvalue weighted by molar-refractivity contribution is 5.89. The average Bonchev–Trinajstić information content (AvgIpc) is 3.42. The molecule has 0 unspecified atom stereocenters. The van der Waals surface area contributed by atoms with Crippen molar-refractivity contribution >= 4 is 18.3 Å². The molecular formula is C23H32ClN5O. The van der Waals surface area contributed by atoms with Crippen LogP contribution in [0.2, 0.25) is 0 Å². The third kappa shape index (κ3) is 3.65. The summed E-state index contributed by atoms with van der Waals surface area (Å²) in [5.41, 5.74) is 2.16. The van der Waals surface area contributed by atoms with Crippen LogP contribution in [-0.2, 0) is 23.3 Å². The van der Waals surface area contributed by atoms with Gasteiger partial charge in [-0.15, -0.1) is 22.6 Å². The van der Waals surface area contributed by atoms with Crippen LogP contribution in [0.1, 0.15) is 67.2 Å². The average molecular weight is 430 g/mol. The molecule has 0 bridgehead atoms. The van der Waals surface area contributed by atoms with E-state index < -0.39 is 0 Å². The molecule has 30 heavy (non-hydrogen) atoms. The predicted molar refractivity (Wildman–Crippen MR) is 119 cm³/mol. The van der Waals surface area contributed by atoms with E-state index in [1.54, 1.807) is 0 Å². The number of carbonyl (C=O) groups excluding carboxylic acids is 1. The number of amides is 1. The summed E-state index contributed by atoms with van der Waals surface area (Å²) in [6.45, 7) is 6.52. The number of piperidine rings is 1. The first-order chi connectivity index (χ1) is 14.2. The van der Waals surface area contributed by atoms with E-state index >= 15 is 0 Å². The molecule has 1 N–H and O–H groups in total. The van der Waals surface area contributed by atoms with Crippen molar-refractivity contribution in [2.24, 2.45) is 0 Å². The minimum atomic E-state index is -0.307. The van der Waals surface area contributed by atoms with Gasteiger partial charge in [0, 0.05) is 32.1 Å². The van der Waals surface area contributed by atoms with Gasteiger partial charge in [0.15, 0.2) is 0 Å². The number of halogens is 1. The summed E-state index contributed by atoms with van der Waals surface area (Å²) in [7, 11) is 0. The van der Waals surface area contributed by atoms with Gasteiger partial charge in [-0.25, -0.2) is 0 Å². The number of aryl methyl sites for hydroxylation is 1. The molecule has 3 heterocycles. The van der Waals surface area contributed by atoms with E-state index in [0.29, 0.717) is 11.8 Å². The first-order valence-electron chi connectivity index (χ1n) is 11.2. The van der Waals surface area contributed by atoms with Crippen molar-refractivity contribution in [1.29, 1.82) is 0 Å². The fourth-order valence-electron chi connectivity index (χ4n) is 5.61. The molecule has 1 aromatic heterocycles. The summed E-state index contributed by atoms with van der Waals surface area (Å²) in [6.07, 6.45) is 6.24. The summed E-state index contributed by atoms with van der Waals surface area (Å²) in [5, 5.41) is 12.2. The van der Waals surface area contributed by atoms with Crippen LogP contribution >= 0.6 is 12.4 Å². The molecule has 0 radical (unpaired) electrons. The van der Waals surface area contributed by atoms with Gasteiger partial charge in [0.1, 0.15) is 11.6 Å². The summed E-state index contributed by atoms with van der Waals surface area (Å²) in [4.78, 5) is 15.9. The molecule has 2 aromatic rings. The van der Waals surface area contributed by atoms with Crippen LogP contribution in [0.15, 0.2) is 24.3 Å². The zero-order chi connectivity index (χ0) is 19.8. The first-order valence-corrected chi connectivity index (χ1v) is 11.2. The van der Waals surface area contributed by atoms with E-state index in [9.17, 15) is 4.79 Å². The lowest BCUT2D eigenvalue weighted by Gasteiger charge is -2.39. The summed E-state index contributed by atoms with van der Waals surface area (Å²) in [5.74, 6) is 2.94. The van der Waals surface area contributed by atoms with Gasteiger partial charge in [-0.3, -0.25) is 4.79 Å². The van der Waals surface area contributed by atoms with Crippen LogP contribution in [0.4, 0.5) is 0 Å². The van der Waals surface area contributed by atoms with Gasteiger partial charge in [-0.1, -0.05) is 42.7 Å². The zero-order valence-electron chi connectivity index (χ0n) is 17.8. The van der Waals surface area contributed by atoms with E-state index in [0.717, 1.165) is 82.9 Å². The number of hydrogen-bond donors (Lipinski definition) is 1. The van der Waals surface area contributed by atoms with Gasteiger partial charge < -0.3 is 14.8 Å². The number of rotatable bonds is 3. The number of likely N-dealkylation sites (tertiary alicyclic amines) is 1. The molecular weight excluding hydrogens is 398 g/mol. The molecule has 0 atom stereocenters. The number of nitrogens with one attached hydrogen (secondary N) is 1. The molecule has 1 amide bonds. The minimum absolute atomic E-state index is 0. The highest BCUT2D eigenvalue weighted by Gasteiger charge is 2.45. The molecule has 1 aromatic carbocycles. The second-order valence-electron chi connectivity index (χ2n) is 9.03. The molecule has 5 rings (SSSR count). The number of carbonyl (C=O) groups is 1. The first kappa shape index (κ1) is 21.3. The Labute approximate surface area is 184 Å². The third-order valence-corrected chi connectivity index (χ3v) is 7.24. The zero-order valence-corrected chi connectivity index (χ0v) is 18.6. The fraction of sp³-hybridized carbons (Fsp3) is 0.609. The molecule has 2 fully saturated rings. The van der Waals surface area contributed by atoms with Crippen LogP contribution in [-0.4, -0.2) is 45.2 Å². The molecule has 1 aliphatic carbocycles. The van der Waals surface area contributed by atoms with Crippen LogP contribution in [0.5, 0.6) is 0 Å². The molecule has 2 aliphatic heterocycles. The van der Waals surface area contributed by atoms with Crippen LogP contribution in [0.3, 0.4) is 0 Å². The van der Waals surface area contributed by atoms with Crippen molar-refractivity contribution in [3.63, 3.8) is 0 Å². The maximum atomic E-state index is 13.7. The summed E-state index contributed by atoms with van der Waals surface area (Å²) < 4.78 is 2.30. The Morgan fingerprint density at radius 1 is 1.13 bits per heavy atom. The number of fused-ring (bicyclic) bond motifs is 1. The highest BCUT2D eigenvalue weighted by atomic mass is 35.5. The Morgan fingerprint density at radius 3 is 2.63 bits per heavy atom. The van der Waals surface area contributed by atoms with Gasteiger partial charge in [-0.05, 0) is 38.2 Å². The molecule has 162 valence electrons. The van der Waals surface area contributed by atoms with Crippen molar-refractivity contribution in [2.45, 2.75) is 69.9 Å². The van der Waals surface area contributed by atoms with Gasteiger partial charge >= 0.3 is 0 Å². The second-order valence-corrected chi connectivity index (χ2v) is 9.03. The van der Waals surface area contributed by atoms with Crippen LogP contribution < -0.4 is 5.32 Å². The fourth-order valence-corrected chi connectivity index (χ4v) is 5.61. The van der Waals surface area contributed by atoms with Crippen LogP contribution in [0.25, 0.3) is 0 Å². The standard InChI is InChI=1S/C23H31N5O.ClH/c1-17-5-4-6-19(15-17)23(9-2-3-10-23)22(29)27-12-7-18(8-13-27)21-26-25-20-16-24-11-14-28(20)21;/h4-6,15,18,24H,2-3,7-14,16H2,1H3;1H. The smallest absolute Gasteiger partial charge is 0.233 e. The van der Waals surface area contributed by atoms with Crippen LogP contribution in [0, 0.1) is 6.92 Å². The minimum Gasteiger partial charge on any atom is -0.342 e. The molecule has 3 aliphatic rings. The van der Waals surface area contributed by atoms with E-state index in [2.05, 4.69) is 56.2 Å². The highest BCUT2D eigenvalue weighted by Crippen LogP contribution is 2.43. The lowest BCUT2D eigenvalue weighted by Crippen LogP contribution is -2.48. The lowest BCUT2D eigenvalue weighted by molar-refractivity contribution is -0.138. The van der Waals surface area contributed by atoms with Crippen molar-refractivity contribution in [3.8, 4) is 0 Å². The Kier molecular flexibility index (Phi) is 6.16. The number of aromatic nitrogens is 3. The van der Waals surface area contributed by atoms with E-state index in [-0.39, 0.29) is 17.8 Å². The molecule has 6 nitrogen and oxygen atoms in total. The van der Waals surface area contributed by atoms with E-state index in [1.807, 2.05) is 0 Å². The Hall–Kier alpha value is -1.92. The van der Waals surface area contributed by atoms with Gasteiger partial charge in [0.2, 0.25) is 5.91 Å². The largest absolute Gasteiger partial charge is 0.342 e.